The number of hydrogen-bond acceptors (Lipinski definition) is 6. The van der Waals surface area contributed by atoms with Crippen LogP contribution in [0.2, 0.25) is 0 Å². The molecule has 8 heteroatoms. The maximum absolute atomic E-state index is 11.9. The zero-order valence-corrected chi connectivity index (χ0v) is 16.1. The summed E-state index contributed by atoms with van der Waals surface area (Å²) in [6.45, 7) is 2.20. The number of hydrogen-bond donors (Lipinski definition) is 2. The Hall–Kier alpha value is -2.32. The number of nitrogens with zero attached hydrogens (tertiary/aromatic N) is 1. The predicted octanol–water partition coefficient (Wildman–Crippen LogP) is 1.61. The molecule has 2 amide bonds. The molecule has 1 aromatic heterocycles. The Morgan fingerprint density at radius 1 is 1.26 bits per heavy atom. The normalized spacial score (nSPS) is 20.4. The lowest BCUT2D eigenvalue weighted by Crippen LogP contribution is -2.38. The summed E-state index contributed by atoms with van der Waals surface area (Å²) in [5.41, 5.74) is 2.66. The lowest BCUT2D eigenvalue weighted by molar-refractivity contribution is -0.119. The van der Waals surface area contributed by atoms with Crippen molar-refractivity contribution in [3.05, 3.63) is 59.4 Å². The van der Waals surface area contributed by atoms with Gasteiger partial charge in [0.2, 0.25) is 5.91 Å². The lowest BCUT2D eigenvalue weighted by atomic mass is 9.80. The smallest absolute Gasteiger partial charge is 0.285 e. The van der Waals surface area contributed by atoms with Crippen LogP contribution in [0.4, 0.5) is 4.79 Å². The molecule has 27 heavy (non-hydrogen) atoms. The number of ether oxygens (including phenoxy) is 1. The molecule has 140 valence electrons. The van der Waals surface area contributed by atoms with Crippen molar-refractivity contribution in [2.75, 3.05) is 6.61 Å². The van der Waals surface area contributed by atoms with E-state index in [1.807, 2.05) is 36.4 Å². The van der Waals surface area contributed by atoms with Gasteiger partial charge in [0, 0.05) is 18.3 Å². The van der Waals surface area contributed by atoms with Crippen LogP contribution < -0.4 is 10.1 Å². The molecule has 1 aliphatic heterocycles. The van der Waals surface area contributed by atoms with E-state index in [1.54, 1.807) is 21.0 Å². The van der Waals surface area contributed by atoms with Crippen LogP contribution in [0.1, 0.15) is 29.8 Å². The van der Waals surface area contributed by atoms with Crippen molar-refractivity contribution in [3.63, 3.8) is 0 Å². The fourth-order valence-corrected chi connectivity index (χ4v) is 3.75. The topological polar surface area (TPSA) is 88.5 Å². The molecule has 2 heterocycles. The Kier molecular flexibility index (Phi) is 5.87. The van der Waals surface area contributed by atoms with E-state index in [4.69, 9.17) is 4.74 Å². The standard InChI is InChI=1S/C19H21BN2O4S/c1-12(23)14-4-5-15(21-11-14)8-9-26-16-6-2-13(3-7-16)10-19(20)17(24)22-18(25)27-19/h2-7,11-12,23H,8-10,20H2,1H3,(H,22,24,25). The van der Waals surface area contributed by atoms with Crippen molar-refractivity contribution in [2.45, 2.75) is 30.5 Å². The number of aliphatic hydroxyl groups is 1. The minimum absolute atomic E-state index is 0.244. The highest BCUT2D eigenvalue weighted by Crippen LogP contribution is 2.32. The molecule has 2 aromatic rings. The average Bonchev–Trinajstić information content (AvgIpc) is 2.88. The van der Waals surface area contributed by atoms with Crippen molar-refractivity contribution in [1.29, 1.82) is 0 Å². The van der Waals surface area contributed by atoms with Gasteiger partial charge in [-0.2, -0.15) is 0 Å². The molecule has 2 N–H and O–H groups in total. The minimum Gasteiger partial charge on any atom is -0.493 e. The Balaban J connectivity index is 1.50. The molecule has 1 saturated heterocycles. The molecule has 2 unspecified atom stereocenters. The number of rotatable bonds is 7. The number of aromatic nitrogens is 1. The van der Waals surface area contributed by atoms with Gasteiger partial charge in [0.25, 0.3) is 5.24 Å². The number of amides is 2. The molecule has 0 saturated carbocycles. The van der Waals surface area contributed by atoms with Gasteiger partial charge in [-0.05, 0) is 42.7 Å². The van der Waals surface area contributed by atoms with Crippen molar-refractivity contribution in [3.8, 4) is 5.75 Å². The third-order valence-corrected chi connectivity index (χ3v) is 5.50. The molecule has 0 radical (unpaired) electrons. The van der Waals surface area contributed by atoms with Gasteiger partial charge < -0.3 is 9.84 Å². The molecule has 6 nitrogen and oxygen atoms in total. The summed E-state index contributed by atoms with van der Waals surface area (Å²) in [5.74, 6) is 0.496. The highest BCUT2D eigenvalue weighted by molar-refractivity contribution is 8.17. The molecule has 2 atom stereocenters. The summed E-state index contributed by atoms with van der Waals surface area (Å²) in [4.78, 5) is 27.6. The first-order valence-electron chi connectivity index (χ1n) is 8.75. The van der Waals surface area contributed by atoms with E-state index < -0.39 is 10.8 Å². The average molecular weight is 384 g/mol. The Labute approximate surface area is 163 Å². The molecule has 1 aliphatic rings. The van der Waals surface area contributed by atoms with Gasteiger partial charge in [-0.3, -0.25) is 19.9 Å². The van der Waals surface area contributed by atoms with E-state index in [1.165, 1.54) is 0 Å². The number of carbonyl (C=O) groups excluding carboxylic acids is 2. The molecular weight excluding hydrogens is 363 g/mol. The summed E-state index contributed by atoms with van der Waals surface area (Å²) in [6, 6.07) is 11.3. The fourth-order valence-electron chi connectivity index (χ4n) is 2.82. The maximum Gasteiger partial charge on any atom is 0.285 e. The molecule has 1 fully saturated rings. The Morgan fingerprint density at radius 2 is 2.00 bits per heavy atom. The third kappa shape index (κ3) is 4.90. The molecule has 1 aromatic carbocycles. The van der Waals surface area contributed by atoms with Crippen LogP contribution in [0.5, 0.6) is 5.75 Å². The molecule has 0 bridgehead atoms. The van der Waals surface area contributed by atoms with E-state index in [-0.39, 0.29) is 11.1 Å². The lowest BCUT2D eigenvalue weighted by Gasteiger charge is -2.18. The second kappa shape index (κ2) is 8.14. The molecule has 0 aliphatic carbocycles. The van der Waals surface area contributed by atoms with Crippen LogP contribution in [-0.2, 0) is 17.6 Å². The zero-order valence-electron chi connectivity index (χ0n) is 15.3. The van der Waals surface area contributed by atoms with E-state index in [2.05, 4.69) is 10.3 Å². The van der Waals surface area contributed by atoms with Crippen LogP contribution in [0.15, 0.2) is 42.6 Å². The first-order valence-corrected chi connectivity index (χ1v) is 9.56. The van der Waals surface area contributed by atoms with Gasteiger partial charge in [0.15, 0.2) is 0 Å². The largest absolute Gasteiger partial charge is 0.493 e. The summed E-state index contributed by atoms with van der Waals surface area (Å²) in [5, 5.41) is 11.5. The first kappa shape index (κ1) is 19.4. The van der Waals surface area contributed by atoms with Crippen LogP contribution in [0, 0.1) is 0 Å². The molecule has 0 spiro atoms. The number of carbonyl (C=O) groups is 2. The molecule has 3 rings (SSSR count). The van der Waals surface area contributed by atoms with Crippen molar-refractivity contribution < 1.29 is 19.4 Å². The van der Waals surface area contributed by atoms with Crippen LogP contribution >= 0.6 is 11.8 Å². The SMILES string of the molecule is BC1(Cc2ccc(OCCc3ccc(C(C)O)cn3)cc2)SC(=O)NC1=O. The van der Waals surface area contributed by atoms with Crippen LogP contribution in [0.3, 0.4) is 0 Å². The number of nitrogens with one attached hydrogen (secondary N) is 1. The monoisotopic (exact) mass is 384 g/mol. The van der Waals surface area contributed by atoms with Crippen LogP contribution in [-0.4, -0.2) is 40.3 Å². The van der Waals surface area contributed by atoms with Crippen LogP contribution in [0.25, 0.3) is 0 Å². The number of pyridine rings is 1. The van der Waals surface area contributed by atoms with Gasteiger partial charge in [-0.25, -0.2) is 0 Å². The first-order chi connectivity index (χ1) is 12.9. The van der Waals surface area contributed by atoms with Crippen molar-refractivity contribution in [2.24, 2.45) is 0 Å². The summed E-state index contributed by atoms with van der Waals surface area (Å²) >= 11 is 1.04. The second-order valence-corrected chi connectivity index (χ2v) is 8.23. The van der Waals surface area contributed by atoms with Gasteiger partial charge in [-0.15, -0.1) is 0 Å². The van der Waals surface area contributed by atoms with Crippen molar-refractivity contribution >= 4 is 30.8 Å². The van der Waals surface area contributed by atoms with Gasteiger partial charge in [0.1, 0.15) is 13.6 Å². The summed E-state index contributed by atoms with van der Waals surface area (Å²) < 4.78 is 4.99. The Morgan fingerprint density at radius 3 is 2.56 bits per heavy atom. The van der Waals surface area contributed by atoms with E-state index >= 15 is 0 Å². The quantitative estimate of drug-likeness (QED) is 0.706. The minimum atomic E-state index is -0.761. The van der Waals surface area contributed by atoms with E-state index in [0.29, 0.717) is 19.4 Å². The van der Waals surface area contributed by atoms with E-state index in [0.717, 1.165) is 34.3 Å². The summed E-state index contributed by atoms with van der Waals surface area (Å²) in [6.07, 6.45) is 2.31. The highest BCUT2D eigenvalue weighted by Gasteiger charge is 2.43. The van der Waals surface area contributed by atoms with Crippen molar-refractivity contribution in [1.82, 2.24) is 10.3 Å². The van der Waals surface area contributed by atoms with Gasteiger partial charge in [0.05, 0.1) is 17.4 Å². The maximum atomic E-state index is 11.9. The number of imide groups is 1. The highest BCUT2D eigenvalue weighted by atomic mass is 32.2. The van der Waals surface area contributed by atoms with Gasteiger partial charge >= 0.3 is 0 Å². The summed E-state index contributed by atoms with van der Waals surface area (Å²) in [7, 11) is 1.78. The number of aliphatic hydroxyl groups excluding tert-OH is 1. The molecular formula is C19H21BN2O4S. The second-order valence-electron chi connectivity index (χ2n) is 6.75. The van der Waals surface area contributed by atoms with Gasteiger partial charge in [-0.1, -0.05) is 30.0 Å². The van der Waals surface area contributed by atoms with E-state index in [9.17, 15) is 14.7 Å². The zero-order chi connectivity index (χ0) is 19.4. The third-order valence-electron chi connectivity index (χ3n) is 4.44. The fraction of sp³-hybridized carbons (Fsp3) is 0.316. The predicted molar refractivity (Wildman–Crippen MR) is 107 cm³/mol. The number of benzene rings is 1. The number of thioether (sulfide) groups is 1. The Bertz CT molecular complexity index is 827.